The van der Waals surface area contributed by atoms with Crippen LogP contribution in [0.2, 0.25) is 9.62 Å². The lowest BCUT2D eigenvalue weighted by Crippen LogP contribution is -2.02. The van der Waals surface area contributed by atoms with Gasteiger partial charge in [-0.05, 0) is 5.92 Å². The highest BCUT2D eigenvalue weighted by molar-refractivity contribution is 7.17. The van der Waals surface area contributed by atoms with Gasteiger partial charge in [0.15, 0.2) is 4.47 Å². The number of nitro groups is 1. The lowest BCUT2D eigenvalue weighted by atomic mass is 10.1. The van der Waals surface area contributed by atoms with Crippen molar-refractivity contribution in [3.05, 3.63) is 30.3 Å². The van der Waals surface area contributed by atoms with Gasteiger partial charge in [-0.1, -0.05) is 37.0 Å². The fourth-order valence-corrected chi connectivity index (χ4v) is 2.46. The molecule has 0 saturated heterocycles. The summed E-state index contributed by atoms with van der Waals surface area (Å²) in [7, 11) is 0. The Balaban J connectivity index is 3.02. The van der Waals surface area contributed by atoms with Gasteiger partial charge in [-0.3, -0.25) is 10.1 Å². The van der Waals surface area contributed by atoms with Gasteiger partial charge in [0, 0.05) is 12.5 Å². The van der Waals surface area contributed by atoms with E-state index < -0.39 is 4.92 Å². The van der Waals surface area contributed by atoms with Crippen LogP contribution in [0.1, 0.15) is 25.1 Å². The van der Waals surface area contributed by atoms with Crippen LogP contribution in [-0.4, -0.2) is 9.91 Å². The second-order valence-electron chi connectivity index (χ2n) is 3.61. The number of thiazole rings is 1. The standard InChI is InChI=1S/C9H10Cl2N2O2S/c1-5(2)3-6(13(14)15)4-7-8(10)12-9(11)16-7/h4-5H,3H2,1-2H3. The number of hydrogen-bond acceptors (Lipinski definition) is 4. The van der Waals surface area contributed by atoms with Crippen LogP contribution in [0.4, 0.5) is 0 Å². The number of rotatable bonds is 4. The molecule has 0 N–H and O–H groups in total. The molecule has 7 heteroatoms. The third-order valence-electron chi connectivity index (χ3n) is 1.73. The summed E-state index contributed by atoms with van der Waals surface area (Å²) < 4.78 is 0.281. The predicted molar refractivity (Wildman–Crippen MR) is 66.6 cm³/mol. The van der Waals surface area contributed by atoms with E-state index in [9.17, 15) is 10.1 Å². The minimum atomic E-state index is -0.399. The van der Waals surface area contributed by atoms with Gasteiger partial charge in [-0.25, -0.2) is 4.98 Å². The molecule has 0 aliphatic carbocycles. The van der Waals surface area contributed by atoms with Gasteiger partial charge < -0.3 is 0 Å². The lowest BCUT2D eigenvalue weighted by molar-refractivity contribution is -0.427. The third kappa shape index (κ3) is 3.73. The monoisotopic (exact) mass is 280 g/mol. The van der Waals surface area contributed by atoms with Crippen LogP contribution in [0.3, 0.4) is 0 Å². The highest BCUT2D eigenvalue weighted by Crippen LogP contribution is 2.29. The molecule has 1 aromatic heterocycles. The Morgan fingerprint density at radius 3 is 2.62 bits per heavy atom. The summed E-state index contributed by atoms with van der Waals surface area (Å²) in [6.45, 7) is 3.83. The van der Waals surface area contributed by atoms with Gasteiger partial charge in [0.05, 0.1) is 9.80 Å². The Morgan fingerprint density at radius 1 is 1.62 bits per heavy atom. The molecule has 0 fully saturated rings. The minimum Gasteiger partial charge on any atom is -0.259 e. The van der Waals surface area contributed by atoms with E-state index in [2.05, 4.69) is 4.98 Å². The number of allylic oxidation sites excluding steroid dienone is 1. The first-order valence-corrected chi connectivity index (χ1v) is 6.14. The summed E-state index contributed by atoms with van der Waals surface area (Å²) >= 11 is 12.6. The largest absolute Gasteiger partial charge is 0.259 e. The lowest BCUT2D eigenvalue weighted by Gasteiger charge is -2.01. The van der Waals surface area contributed by atoms with Gasteiger partial charge in [-0.2, -0.15) is 0 Å². The molecule has 0 spiro atoms. The van der Waals surface area contributed by atoms with Gasteiger partial charge in [0.2, 0.25) is 5.70 Å². The van der Waals surface area contributed by atoms with Crippen molar-refractivity contribution in [2.24, 2.45) is 5.92 Å². The average Bonchev–Trinajstić information content (AvgIpc) is 2.43. The molecule has 0 radical (unpaired) electrons. The number of halogens is 2. The summed E-state index contributed by atoms with van der Waals surface area (Å²) in [5, 5.41) is 11.0. The molecule has 1 rings (SSSR count). The Kier molecular flexibility index (Phi) is 4.70. The van der Waals surface area contributed by atoms with Crippen molar-refractivity contribution < 1.29 is 4.92 Å². The van der Waals surface area contributed by atoms with E-state index in [-0.39, 0.29) is 21.2 Å². The van der Waals surface area contributed by atoms with Crippen molar-refractivity contribution in [2.75, 3.05) is 0 Å². The Morgan fingerprint density at radius 2 is 2.25 bits per heavy atom. The van der Waals surface area contributed by atoms with Crippen LogP contribution < -0.4 is 0 Å². The molecule has 0 saturated carbocycles. The average molecular weight is 281 g/mol. The van der Waals surface area contributed by atoms with Crippen LogP contribution in [0.25, 0.3) is 6.08 Å². The summed E-state index contributed by atoms with van der Waals surface area (Å²) in [5.74, 6) is 0.207. The van der Waals surface area contributed by atoms with E-state index in [1.165, 1.54) is 6.08 Å². The quantitative estimate of drug-likeness (QED) is 0.616. The maximum absolute atomic E-state index is 10.8. The van der Waals surface area contributed by atoms with Crippen molar-refractivity contribution >= 4 is 40.6 Å². The first-order chi connectivity index (χ1) is 7.40. The molecular formula is C9H10Cl2N2O2S. The van der Waals surface area contributed by atoms with Crippen LogP contribution in [0, 0.1) is 16.0 Å². The van der Waals surface area contributed by atoms with E-state index >= 15 is 0 Å². The fraction of sp³-hybridized carbons (Fsp3) is 0.444. The Hall–Kier alpha value is -0.650. The summed E-state index contributed by atoms with van der Waals surface area (Å²) in [4.78, 5) is 14.7. The van der Waals surface area contributed by atoms with E-state index in [1.807, 2.05) is 13.8 Å². The number of aromatic nitrogens is 1. The highest BCUT2D eigenvalue weighted by Gasteiger charge is 2.15. The summed E-state index contributed by atoms with van der Waals surface area (Å²) in [6, 6.07) is 0. The van der Waals surface area contributed by atoms with Crippen molar-refractivity contribution in [1.29, 1.82) is 0 Å². The van der Waals surface area contributed by atoms with Crippen LogP contribution in [0.5, 0.6) is 0 Å². The molecule has 0 unspecified atom stereocenters. The molecule has 0 aliphatic rings. The van der Waals surface area contributed by atoms with Gasteiger partial charge in [0.25, 0.3) is 0 Å². The normalized spacial score (nSPS) is 12.2. The smallest absolute Gasteiger partial charge is 0.248 e. The van der Waals surface area contributed by atoms with E-state index in [0.717, 1.165) is 11.3 Å². The molecule has 0 bridgehead atoms. The summed E-state index contributed by atoms with van der Waals surface area (Å²) in [5.41, 5.74) is 0.122. The first-order valence-electron chi connectivity index (χ1n) is 4.57. The number of hydrogen-bond donors (Lipinski definition) is 0. The molecule has 1 heterocycles. The molecule has 4 nitrogen and oxygen atoms in total. The van der Waals surface area contributed by atoms with Crippen molar-refractivity contribution in [3.63, 3.8) is 0 Å². The highest BCUT2D eigenvalue weighted by atomic mass is 35.5. The molecule has 0 atom stereocenters. The molecule has 0 aromatic carbocycles. The first kappa shape index (κ1) is 13.4. The predicted octanol–water partition coefficient (Wildman–Crippen LogP) is 4.11. The minimum absolute atomic E-state index is 0.122. The van der Waals surface area contributed by atoms with Crippen molar-refractivity contribution in [2.45, 2.75) is 20.3 Å². The molecule has 0 amide bonds. The molecule has 16 heavy (non-hydrogen) atoms. The van der Waals surface area contributed by atoms with Crippen LogP contribution in [-0.2, 0) is 0 Å². The van der Waals surface area contributed by atoms with Crippen LogP contribution >= 0.6 is 34.5 Å². The van der Waals surface area contributed by atoms with E-state index in [4.69, 9.17) is 23.2 Å². The maximum atomic E-state index is 10.8. The second-order valence-corrected chi connectivity index (χ2v) is 5.58. The molecule has 1 aromatic rings. The van der Waals surface area contributed by atoms with Gasteiger partial charge in [-0.15, -0.1) is 11.3 Å². The maximum Gasteiger partial charge on any atom is 0.248 e. The zero-order valence-corrected chi connectivity index (χ0v) is 11.1. The second kappa shape index (κ2) is 5.61. The molecule has 88 valence electrons. The van der Waals surface area contributed by atoms with E-state index in [1.54, 1.807) is 0 Å². The van der Waals surface area contributed by atoms with Gasteiger partial charge >= 0.3 is 0 Å². The zero-order chi connectivity index (χ0) is 12.3. The topological polar surface area (TPSA) is 56.0 Å². The fourth-order valence-electron chi connectivity index (χ4n) is 1.13. The zero-order valence-electron chi connectivity index (χ0n) is 8.74. The number of nitrogens with zero attached hydrogens (tertiary/aromatic N) is 2. The SMILES string of the molecule is CC(C)CC(=Cc1sc(Cl)nc1Cl)[N+](=O)[O-]. The molecule has 0 aliphatic heterocycles. The van der Waals surface area contributed by atoms with Crippen molar-refractivity contribution in [1.82, 2.24) is 4.98 Å². The summed E-state index contributed by atoms with van der Waals surface area (Å²) in [6.07, 6.45) is 1.82. The molecular weight excluding hydrogens is 271 g/mol. The van der Waals surface area contributed by atoms with Gasteiger partial charge in [0.1, 0.15) is 5.15 Å². The Labute approximate surface area is 107 Å². The van der Waals surface area contributed by atoms with E-state index in [0.29, 0.717) is 11.3 Å². The Bertz CT molecular complexity index is 429. The van der Waals surface area contributed by atoms with Crippen LogP contribution in [0.15, 0.2) is 5.70 Å². The van der Waals surface area contributed by atoms with Crippen molar-refractivity contribution in [3.8, 4) is 0 Å². The third-order valence-corrected chi connectivity index (χ3v) is 3.24.